The fraction of sp³-hybridized carbons (Fsp3) is 0.591. The molecule has 0 amide bonds. The molecule has 2 unspecified atom stereocenters. The van der Waals surface area contributed by atoms with Crippen molar-refractivity contribution in [1.29, 1.82) is 0 Å². The number of ether oxygens (including phenoxy) is 8. The van der Waals surface area contributed by atoms with E-state index in [1.165, 1.54) is 42.3 Å². The summed E-state index contributed by atoms with van der Waals surface area (Å²) in [5.74, 6) is -3.82. The highest BCUT2D eigenvalue weighted by molar-refractivity contribution is 8.16. The molecule has 2 saturated carbocycles. The zero-order valence-electron chi connectivity index (χ0n) is 72.0. The Labute approximate surface area is 715 Å². The summed E-state index contributed by atoms with van der Waals surface area (Å²) in [6, 6.07) is 18.1. The fourth-order valence-electron chi connectivity index (χ4n) is 27.4. The van der Waals surface area contributed by atoms with Gasteiger partial charge in [0.1, 0.15) is 22.3 Å². The maximum absolute atomic E-state index is 16.3. The van der Waals surface area contributed by atoms with E-state index in [1.807, 2.05) is 88.0 Å². The Morgan fingerprint density at radius 3 is 1.24 bits per heavy atom. The molecule has 4 bridgehead atoms. The van der Waals surface area contributed by atoms with Crippen LogP contribution in [0.4, 0.5) is 11.4 Å². The molecule has 18 rings (SSSR count). The molecule has 4 saturated heterocycles. The van der Waals surface area contributed by atoms with Crippen LogP contribution >= 0.6 is 23.5 Å². The van der Waals surface area contributed by atoms with Gasteiger partial charge in [0, 0.05) is 197 Å². The van der Waals surface area contributed by atoms with Gasteiger partial charge in [-0.3, -0.25) is 38.8 Å². The number of piperidine rings is 2. The first-order valence-electron chi connectivity index (χ1n) is 43.2. The van der Waals surface area contributed by atoms with Crippen molar-refractivity contribution in [3.05, 3.63) is 130 Å². The molecule has 6 fully saturated rings. The number of carbonyl (C=O) groups excluding carboxylic acids is 6. The van der Waals surface area contributed by atoms with Gasteiger partial charge in [0.2, 0.25) is 11.2 Å². The van der Waals surface area contributed by atoms with E-state index in [0.29, 0.717) is 180 Å². The second-order valence-electron chi connectivity index (χ2n) is 37.1. The number of methoxy groups -OCH3 is 6. The summed E-state index contributed by atoms with van der Waals surface area (Å²) in [4.78, 5) is 112. The summed E-state index contributed by atoms with van der Waals surface area (Å²) in [5.41, 5.74) is -5.42. The number of carbonyl (C=O) groups is 6. The highest BCUT2D eigenvalue weighted by Gasteiger charge is 2.83. The minimum atomic E-state index is -2.40. The lowest BCUT2D eigenvalue weighted by Crippen LogP contribution is -2.81. The van der Waals surface area contributed by atoms with Gasteiger partial charge in [-0.15, -0.1) is 23.5 Å². The van der Waals surface area contributed by atoms with Crippen LogP contribution in [0.15, 0.2) is 94.8 Å². The van der Waals surface area contributed by atoms with Gasteiger partial charge in [-0.1, -0.05) is 52.0 Å². The minimum Gasteiger partial charge on any atom is -0.496 e. The van der Waals surface area contributed by atoms with Gasteiger partial charge >= 0.3 is 35.8 Å². The number of nitrogens with one attached hydrogen (secondary N) is 2. The van der Waals surface area contributed by atoms with Gasteiger partial charge < -0.3 is 78.1 Å². The van der Waals surface area contributed by atoms with Gasteiger partial charge in [-0.05, 0) is 173 Å². The quantitative estimate of drug-likeness (QED) is 0.0154. The Kier molecular flexibility index (Phi) is 20.6. The number of fused-ring (bicyclic) bond motifs is 12. The van der Waals surface area contributed by atoms with E-state index < -0.39 is 127 Å². The SMILES string of the molecule is CC[C@]1(O)C[C@H]2CN(CCc3c([nH]c4ccc(SCSc5ccc6[nH]c7c(c6c5)CCN5C[C@H](C[C@@](O)(CC)C5)C[C@]7(C(=O)OC)c5cc6c(cc5OC)N(C)[C@H]5[C@@](O)(C(=O)OC)[C@H](OC(C)=O)[C@]7(CC)C=CCN8CC[C@]65[C@@H]87)cc34)[C@@](C(=O)OC)(c3cc4c(cc3OC)N(C)[C@H]3[C@@](O)(C(=O)OC)[C@H](OC(C)=O)[C@]5(CC)C=CCN6CC[C@]43[C@@H]65)C2)C1. The van der Waals surface area contributed by atoms with E-state index in [-0.39, 0.29) is 24.7 Å². The Morgan fingerprint density at radius 2 is 0.884 bits per heavy atom. The number of benzene rings is 4. The average Bonchev–Trinajstić information content (AvgIpc) is 1.49. The first-order valence-corrected chi connectivity index (χ1v) is 45.2. The third kappa shape index (κ3) is 11.5. The summed E-state index contributed by atoms with van der Waals surface area (Å²) in [6.45, 7) is 16.3. The third-order valence-corrected chi connectivity index (χ3v) is 33.9. The second-order valence-corrected chi connectivity index (χ2v) is 39.6. The number of aromatic nitrogens is 2. The predicted molar refractivity (Wildman–Crippen MR) is 457 cm³/mol. The van der Waals surface area contributed by atoms with Crippen LogP contribution in [0.5, 0.6) is 11.5 Å². The molecule has 28 heteroatoms. The van der Waals surface area contributed by atoms with Crippen LogP contribution in [0.2, 0.25) is 0 Å². The van der Waals surface area contributed by atoms with E-state index in [2.05, 4.69) is 78.1 Å². The van der Waals surface area contributed by atoms with Crippen LogP contribution in [-0.4, -0.2) is 272 Å². The highest BCUT2D eigenvalue weighted by atomic mass is 32.2. The molecule has 4 aromatic carbocycles. The van der Waals surface area contributed by atoms with Crippen molar-refractivity contribution in [1.82, 2.24) is 29.6 Å². The number of H-pyrrole nitrogens is 2. The molecule has 2 aliphatic carbocycles. The van der Waals surface area contributed by atoms with Gasteiger partial charge in [0.05, 0.1) is 65.9 Å². The minimum absolute atomic E-state index is 0.223. The molecule has 2 spiro atoms. The Balaban J connectivity index is 0.742. The van der Waals surface area contributed by atoms with Crippen LogP contribution in [0.3, 0.4) is 0 Å². The van der Waals surface area contributed by atoms with Crippen molar-refractivity contribution >= 4 is 92.5 Å². The Hall–Kier alpha value is -8.16. The molecule has 6 N–H and O–H groups in total. The lowest BCUT2D eigenvalue weighted by Gasteiger charge is -2.63. The first kappa shape index (κ1) is 83.7. The number of nitrogens with zero attached hydrogens (tertiary/aromatic N) is 6. The highest BCUT2D eigenvalue weighted by Crippen LogP contribution is 2.71. The summed E-state index contributed by atoms with van der Waals surface area (Å²) in [5, 5.41) is 55.1. The topological polar surface area (TPSA) is 308 Å². The molecule has 26 nitrogen and oxygen atoms in total. The molecule has 12 aliphatic rings. The number of hydrogen-bond donors (Lipinski definition) is 6. The van der Waals surface area contributed by atoms with E-state index in [0.717, 1.165) is 53.9 Å². The number of likely N-dealkylation sites (N-methyl/N-ethyl adjacent to an activating group) is 2. The third-order valence-electron chi connectivity index (χ3n) is 31.8. The zero-order valence-corrected chi connectivity index (χ0v) is 73.6. The van der Waals surface area contributed by atoms with Crippen molar-refractivity contribution in [3.63, 3.8) is 0 Å². The number of rotatable bonds is 18. The maximum atomic E-state index is 16.3. The molecule has 121 heavy (non-hydrogen) atoms. The number of aromatic amines is 2. The predicted octanol–water partition coefficient (Wildman–Crippen LogP) is 9.14. The molecular formula is C93H116N8O18S2. The molecule has 10 aliphatic heterocycles. The van der Waals surface area contributed by atoms with E-state index in [9.17, 15) is 39.6 Å². The molecule has 6 aromatic rings. The van der Waals surface area contributed by atoms with Gasteiger partial charge in [-0.2, -0.15) is 0 Å². The summed E-state index contributed by atoms with van der Waals surface area (Å²) < 4.78 is 49.5. The number of hydrogen-bond acceptors (Lipinski definition) is 26. The van der Waals surface area contributed by atoms with Gasteiger partial charge in [-0.25, -0.2) is 9.59 Å². The van der Waals surface area contributed by atoms with Gasteiger partial charge in [0.25, 0.3) is 0 Å². The van der Waals surface area contributed by atoms with Crippen LogP contribution in [0.25, 0.3) is 21.8 Å². The maximum Gasteiger partial charge on any atom is 0.344 e. The molecule has 20 atom stereocenters. The van der Waals surface area contributed by atoms with Crippen molar-refractivity contribution in [3.8, 4) is 11.5 Å². The fourth-order valence-corrected chi connectivity index (χ4v) is 29.5. The van der Waals surface area contributed by atoms with E-state index in [1.54, 1.807) is 37.7 Å². The summed E-state index contributed by atoms with van der Waals surface area (Å²) >= 11 is 3.38. The normalized spacial score (nSPS) is 36.5. The molecule has 0 radical (unpaired) electrons. The lowest BCUT2D eigenvalue weighted by atomic mass is 9.47. The van der Waals surface area contributed by atoms with Crippen molar-refractivity contribution < 1.29 is 87.1 Å². The molecule has 2 aromatic heterocycles. The lowest BCUT2D eigenvalue weighted by molar-refractivity contribution is -0.229. The van der Waals surface area contributed by atoms with Crippen LogP contribution in [0.1, 0.15) is 151 Å². The summed E-state index contributed by atoms with van der Waals surface area (Å²) in [7, 11) is 12.3. The number of anilines is 2. The molecular weight excluding hydrogens is 1580 g/mol. The summed E-state index contributed by atoms with van der Waals surface area (Å²) in [6.07, 6.45) is 10.6. The molecule has 12 heterocycles. The van der Waals surface area contributed by atoms with Crippen molar-refractivity contribution in [2.75, 3.05) is 137 Å². The van der Waals surface area contributed by atoms with Crippen LogP contribution in [-0.2, 0) is 91.7 Å². The zero-order chi connectivity index (χ0) is 85.6. The largest absolute Gasteiger partial charge is 0.496 e. The smallest absolute Gasteiger partial charge is 0.344 e. The van der Waals surface area contributed by atoms with Gasteiger partial charge in [0.15, 0.2) is 12.2 Å². The first-order chi connectivity index (χ1) is 57.9. The number of esters is 6. The van der Waals surface area contributed by atoms with E-state index >= 15 is 9.59 Å². The monoisotopic (exact) mass is 1700 g/mol. The number of thioether (sulfide) groups is 2. The van der Waals surface area contributed by atoms with Crippen molar-refractivity contribution in [2.24, 2.45) is 22.7 Å². The average molecular weight is 1700 g/mol. The van der Waals surface area contributed by atoms with Crippen LogP contribution in [0, 0.1) is 22.7 Å². The second kappa shape index (κ2) is 29.8. The van der Waals surface area contributed by atoms with Crippen LogP contribution < -0.4 is 19.3 Å². The van der Waals surface area contributed by atoms with Crippen molar-refractivity contribution in [2.45, 2.75) is 209 Å². The number of aliphatic hydroxyl groups is 4. The standard InChI is InChI=1S/C93H116N8O18S2/c1-15-84(108)43-54-45-90(80(104)114-11,64-39-62-68(41-70(64)112-9)96(7)76-88(62)29-35-100-31-19-27-86(17-3,74(88)100)78(118-52(5)102)92(76,110)82(106)116-13)72-58(25-33-98(47-54)49-84)60-37-56(21-23-66(60)94-72)120-51-121-57-22-24-67-61(38-57)59-26-34-99-48-55(44-85(109,16-2)50-99)46-91(73(59)95-67,81(105)115-12)65-40-63-69(42-71(65)113-10)97(8)77-89(63)30-36-101-32-20-28-87(18-4,75(89)101)79(119-53(6)103)93(77,111)83(107)117-14/h19-24,27-28,37-42,54-55,74-79,94-95,108-111H,15-18,25-26,29-36,43-51H2,1-14H3/t54-,55-,74+,75+,76-,77-,78-,79-,84+,85+,86-,87-,88-,89-,90+,91+,92+,93+/m1/s1. The Morgan fingerprint density at radius 1 is 0.488 bits per heavy atom. The molecule has 648 valence electrons. The van der Waals surface area contributed by atoms with E-state index in [4.69, 9.17) is 37.9 Å². The Bertz CT molecular complexity index is 5000.